The van der Waals surface area contributed by atoms with Gasteiger partial charge in [-0.25, -0.2) is 14.4 Å². The number of nitrogens with one attached hydrogen (secondary N) is 2. The van der Waals surface area contributed by atoms with Crippen molar-refractivity contribution in [2.45, 2.75) is 37.8 Å². The summed E-state index contributed by atoms with van der Waals surface area (Å²) < 4.78 is 18.4. The van der Waals surface area contributed by atoms with Crippen LogP contribution in [0.25, 0.3) is 0 Å². The van der Waals surface area contributed by atoms with Crippen molar-refractivity contribution in [2.75, 3.05) is 0 Å². The van der Waals surface area contributed by atoms with Crippen LogP contribution >= 0.6 is 0 Å². The molecule has 24 heavy (non-hydrogen) atoms. The number of ether oxygens (including phenoxy) is 1. The van der Waals surface area contributed by atoms with Gasteiger partial charge in [0.1, 0.15) is 6.10 Å². The summed E-state index contributed by atoms with van der Waals surface area (Å²) in [5, 5.41) is 2.93. The maximum atomic E-state index is 12.8. The number of carbonyl (C=O) groups is 1. The molecule has 1 aliphatic rings. The fraction of sp³-hybridized carbons (Fsp3) is 0.375. The molecule has 7 nitrogen and oxygen atoms in total. The van der Waals surface area contributed by atoms with E-state index in [-0.39, 0.29) is 29.6 Å². The number of pyridine rings is 1. The first kappa shape index (κ1) is 16.1. The van der Waals surface area contributed by atoms with Crippen LogP contribution in [-0.2, 0) is 0 Å². The second-order valence-corrected chi connectivity index (χ2v) is 5.69. The Morgan fingerprint density at radius 3 is 2.62 bits per heavy atom. The summed E-state index contributed by atoms with van der Waals surface area (Å²) in [5.74, 6) is -0.763. The number of aromatic nitrogens is 3. The van der Waals surface area contributed by atoms with E-state index in [1.54, 1.807) is 6.07 Å². The van der Waals surface area contributed by atoms with Crippen LogP contribution in [-0.4, -0.2) is 33.0 Å². The minimum atomic E-state index is -0.506. The van der Waals surface area contributed by atoms with Gasteiger partial charge in [-0.3, -0.25) is 9.59 Å². The SMILES string of the molecule is O=C(NC1CCC(Oc2ncc(F)cn2)CC1)c1cc[nH]c(=O)c1. The molecule has 0 aromatic carbocycles. The Balaban J connectivity index is 1.49. The van der Waals surface area contributed by atoms with Gasteiger partial charge < -0.3 is 15.0 Å². The van der Waals surface area contributed by atoms with Gasteiger partial charge in [0.05, 0.1) is 12.4 Å². The molecular formula is C16H17FN4O3. The van der Waals surface area contributed by atoms with Crippen LogP contribution in [0.3, 0.4) is 0 Å². The van der Waals surface area contributed by atoms with Crippen molar-refractivity contribution >= 4 is 5.91 Å². The number of H-pyrrole nitrogens is 1. The monoisotopic (exact) mass is 332 g/mol. The van der Waals surface area contributed by atoms with Crippen LogP contribution < -0.4 is 15.6 Å². The molecule has 0 atom stereocenters. The van der Waals surface area contributed by atoms with Gasteiger partial charge in [-0.15, -0.1) is 0 Å². The topological polar surface area (TPSA) is 97.0 Å². The molecule has 0 radical (unpaired) electrons. The average molecular weight is 332 g/mol. The van der Waals surface area contributed by atoms with Gasteiger partial charge in [-0.05, 0) is 31.7 Å². The van der Waals surface area contributed by atoms with E-state index in [1.807, 2.05) is 0 Å². The lowest BCUT2D eigenvalue weighted by Gasteiger charge is -2.28. The third-order valence-electron chi connectivity index (χ3n) is 3.92. The van der Waals surface area contributed by atoms with E-state index in [1.165, 1.54) is 12.3 Å². The molecule has 0 unspecified atom stereocenters. The first-order valence-electron chi connectivity index (χ1n) is 7.74. The largest absolute Gasteiger partial charge is 0.460 e. The fourth-order valence-corrected chi connectivity index (χ4v) is 2.69. The number of aromatic amines is 1. The maximum absolute atomic E-state index is 12.8. The number of carbonyl (C=O) groups excluding carboxylic acids is 1. The zero-order valence-corrected chi connectivity index (χ0v) is 12.9. The van der Waals surface area contributed by atoms with E-state index in [9.17, 15) is 14.0 Å². The highest BCUT2D eigenvalue weighted by Gasteiger charge is 2.24. The Hall–Kier alpha value is -2.77. The molecule has 8 heteroatoms. The summed E-state index contributed by atoms with van der Waals surface area (Å²) in [6.07, 6.45) is 6.50. The van der Waals surface area contributed by atoms with Gasteiger partial charge in [-0.2, -0.15) is 0 Å². The van der Waals surface area contributed by atoms with Crippen LogP contribution in [0.2, 0.25) is 0 Å². The van der Waals surface area contributed by atoms with E-state index >= 15 is 0 Å². The molecule has 0 aliphatic heterocycles. The summed E-state index contributed by atoms with van der Waals surface area (Å²) in [7, 11) is 0. The Kier molecular flexibility index (Phi) is 4.83. The Morgan fingerprint density at radius 1 is 1.25 bits per heavy atom. The second kappa shape index (κ2) is 7.20. The Labute approximate surface area is 137 Å². The van der Waals surface area contributed by atoms with E-state index in [0.29, 0.717) is 5.56 Å². The Morgan fingerprint density at radius 2 is 1.96 bits per heavy atom. The number of halogens is 1. The van der Waals surface area contributed by atoms with Crippen LogP contribution in [0.1, 0.15) is 36.0 Å². The normalized spacial score (nSPS) is 20.4. The van der Waals surface area contributed by atoms with Gasteiger partial charge in [0, 0.05) is 23.9 Å². The minimum Gasteiger partial charge on any atom is -0.460 e. The molecule has 1 fully saturated rings. The summed E-state index contributed by atoms with van der Waals surface area (Å²) >= 11 is 0. The van der Waals surface area contributed by atoms with Gasteiger partial charge in [0.15, 0.2) is 5.82 Å². The van der Waals surface area contributed by atoms with Crippen molar-refractivity contribution in [3.63, 3.8) is 0 Å². The first-order valence-corrected chi connectivity index (χ1v) is 7.74. The molecule has 1 amide bonds. The van der Waals surface area contributed by atoms with E-state index in [2.05, 4.69) is 20.3 Å². The van der Waals surface area contributed by atoms with Crippen LogP contribution in [0.15, 0.2) is 35.5 Å². The number of amides is 1. The molecular weight excluding hydrogens is 315 g/mol. The lowest BCUT2D eigenvalue weighted by molar-refractivity contribution is 0.0884. The molecule has 1 aliphatic carbocycles. The predicted molar refractivity (Wildman–Crippen MR) is 83.2 cm³/mol. The molecule has 1 saturated carbocycles. The van der Waals surface area contributed by atoms with Gasteiger partial charge in [0.25, 0.3) is 5.91 Å². The molecule has 2 heterocycles. The van der Waals surface area contributed by atoms with Crippen molar-refractivity contribution in [1.29, 1.82) is 0 Å². The van der Waals surface area contributed by atoms with Crippen molar-refractivity contribution in [1.82, 2.24) is 20.3 Å². The lowest BCUT2D eigenvalue weighted by atomic mass is 9.93. The smallest absolute Gasteiger partial charge is 0.316 e. The van der Waals surface area contributed by atoms with Crippen molar-refractivity contribution in [2.24, 2.45) is 0 Å². The number of hydrogen-bond donors (Lipinski definition) is 2. The van der Waals surface area contributed by atoms with E-state index < -0.39 is 5.82 Å². The zero-order valence-electron chi connectivity index (χ0n) is 12.9. The number of nitrogens with zero attached hydrogens (tertiary/aromatic N) is 2. The van der Waals surface area contributed by atoms with Crippen molar-refractivity contribution < 1.29 is 13.9 Å². The lowest BCUT2D eigenvalue weighted by Crippen LogP contribution is -2.40. The van der Waals surface area contributed by atoms with Crippen LogP contribution in [0.5, 0.6) is 6.01 Å². The van der Waals surface area contributed by atoms with Gasteiger partial charge >= 0.3 is 6.01 Å². The summed E-state index contributed by atoms with van der Waals surface area (Å²) in [5.41, 5.74) is 0.0379. The zero-order chi connectivity index (χ0) is 16.9. The van der Waals surface area contributed by atoms with Gasteiger partial charge in [-0.1, -0.05) is 0 Å². The highest BCUT2D eigenvalue weighted by Crippen LogP contribution is 2.22. The molecule has 0 bridgehead atoms. The molecule has 126 valence electrons. The second-order valence-electron chi connectivity index (χ2n) is 5.69. The average Bonchev–Trinajstić information content (AvgIpc) is 2.59. The van der Waals surface area contributed by atoms with Crippen molar-refractivity contribution in [3.8, 4) is 6.01 Å². The summed E-state index contributed by atoms with van der Waals surface area (Å²) in [4.78, 5) is 33.4. The van der Waals surface area contributed by atoms with Crippen molar-refractivity contribution in [3.05, 3.63) is 52.5 Å². The Bertz CT molecular complexity index is 754. The minimum absolute atomic E-state index is 0.0331. The molecule has 2 aromatic heterocycles. The molecule has 0 spiro atoms. The highest BCUT2D eigenvalue weighted by molar-refractivity contribution is 5.94. The van der Waals surface area contributed by atoms with Gasteiger partial charge in [0.2, 0.25) is 5.56 Å². The molecule has 2 N–H and O–H groups in total. The van der Waals surface area contributed by atoms with E-state index in [4.69, 9.17) is 4.74 Å². The quantitative estimate of drug-likeness (QED) is 0.883. The van der Waals surface area contributed by atoms with E-state index in [0.717, 1.165) is 38.1 Å². The third kappa shape index (κ3) is 4.15. The highest BCUT2D eigenvalue weighted by atomic mass is 19.1. The maximum Gasteiger partial charge on any atom is 0.316 e. The summed E-state index contributed by atoms with van der Waals surface area (Å²) in [6.45, 7) is 0. The predicted octanol–water partition coefficient (Wildman–Crippen LogP) is 1.42. The molecule has 3 rings (SSSR count). The third-order valence-corrected chi connectivity index (χ3v) is 3.92. The van der Waals surface area contributed by atoms with Crippen LogP contribution in [0, 0.1) is 5.82 Å². The fourth-order valence-electron chi connectivity index (χ4n) is 2.69. The summed E-state index contributed by atoms with van der Waals surface area (Å²) in [6, 6.07) is 3.03. The molecule has 0 saturated heterocycles. The van der Waals surface area contributed by atoms with Crippen LogP contribution in [0.4, 0.5) is 4.39 Å². The number of rotatable bonds is 4. The standard InChI is InChI=1S/C16H17FN4O3/c17-11-8-19-16(20-9-11)24-13-3-1-12(2-4-13)21-15(23)10-5-6-18-14(22)7-10/h5-9,12-13H,1-4H2,(H,18,22)(H,21,23). The first-order chi connectivity index (χ1) is 11.6. The molecule has 2 aromatic rings. The number of hydrogen-bond acceptors (Lipinski definition) is 5.